The van der Waals surface area contributed by atoms with Gasteiger partial charge in [0.1, 0.15) is 5.75 Å². The van der Waals surface area contributed by atoms with Crippen LogP contribution in [0.2, 0.25) is 0 Å². The molecule has 1 saturated heterocycles. The molecule has 1 aliphatic rings. The summed E-state index contributed by atoms with van der Waals surface area (Å²) in [5, 5.41) is 18.8. The number of aliphatic carboxylic acids is 1. The van der Waals surface area contributed by atoms with Crippen LogP contribution in [0.5, 0.6) is 5.75 Å². The molecule has 8 heteroatoms. The van der Waals surface area contributed by atoms with Gasteiger partial charge in [0.2, 0.25) is 0 Å². The average molecular weight is 433 g/mol. The summed E-state index contributed by atoms with van der Waals surface area (Å²) in [7, 11) is 0. The van der Waals surface area contributed by atoms with E-state index in [2.05, 4.69) is 9.97 Å². The zero-order valence-corrected chi connectivity index (χ0v) is 17.5. The van der Waals surface area contributed by atoms with E-state index < -0.39 is 17.6 Å². The highest BCUT2D eigenvalue weighted by Crippen LogP contribution is 2.26. The third-order valence-corrected chi connectivity index (χ3v) is 5.81. The van der Waals surface area contributed by atoms with E-state index in [1.165, 1.54) is 0 Å². The van der Waals surface area contributed by atoms with Crippen LogP contribution in [-0.2, 0) is 4.79 Å². The van der Waals surface area contributed by atoms with Gasteiger partial charge in [-0.1, -0.05) is 12.1 Å². The Labute approximate surface area is 184 Å². The maximum absolute atomic E-state index is 12.8. The molecule has 1 aliphatic heterocycles. The van der Waals surface area contributed by atoms with Crippen molar-refractivity contribution in [1.82, 2.24) is 14.9 Å². The van der Waals surface area contributed by atoms with E-state index in [1.807, 2.05) is 0 Å². The zero-order valence-electron chi connectivity index (χ0n) is 17.5. The summed E-state index contributed by atoms with van der Waals surface area (Å²) in [6, 6.07) is 13.7. The molecule has 0 radical (unpaired) electrons. The minimum atomic E-state index is -0.811. The number of H-pyrrole nitrogens is 1. The Morgan fingerprint density at radius 1 is 1.03 bits per heavy atom. The molecular formula is C24H23N3O5. The van der Waals surface area contributed by atoms with Gasteiger partial charge in [0.05, 0.1) is 17.3 Å². The standard InChI is InChI=1S/C24H23N3O5/c1-14-12-18(6-7-21(14)28)20-13-19(25-24(32)26-20)15-2-4-16(5-3-15)22(29)27-10-8-17(9-11-27)23(30)31/h2-7,12-13,17,28H,8-11H2,1H3,(H,30,31)(H,25,26,32). The molecule has 1 fully saturated rings. The smallest absolute Gasteiger partial charge is 0.345 e. The average Bonchev–Trinajstić information content (AvgIpc) is 2.80. The normalized spacial score (nSPS) is 14.3. The van der Waals surface area contributed by atoms with Gasteiger partial charge in [-0.2, -0.15) is 4.98 Å². The number of aromatic amines is 1. The van der Waals surface area contributed by atoms with Crippen molar-refractivity contribution in [3.8, 4) is 28.3 Å². The van der Waals surface area contributed by atoms with Crippen LogP contribution in [0.25, 0.3) is 22.5 Å². The van der Waals surface area contributed by atoms with Crippen LogP contribution in [-0.4, -0.2) is 50.0 Å². The van der Waals surface area contributed by atoms with Crippen molar-refractivity contribution in [3.63, 3.8) is 0 Å². The van der Waals surface area contributed by atoms with E-state index >= 15 is 0 Å². The van der Waals surface area contributed by atoms with Gasteiger partial charge < -0.3 is 20.1 Å². The number of carbonyl (C=O) groups excluding carboxylic acids is 1. The molecule has 1 amide bonds. The molecule has 0 atom stereocenters. The molecular weight excluding hydrogens is 410 g/mol. The van der Waals surface area contributed by atoms with Crippen molar-refractivity contribution >= 4 is 11.9 Å². The summed E-state index contributed by atoms with van der Waals surface area (Å²) >= 11 is 0. The molecule has 164 valence electrons. The molecule has 0 spiro atoms. The summed E-state index contributed by atoms with van der Waals surface area (Å²) in [5.74, 6) is -1.17. The Morgan fingerprint density at radius 3 is 2.31 bits per heavy atom. The van der Waals surface area contributed by atoms with Crippen molar-refractivity contribution < 1.29 is 19.8 Å². The van der Waals surface area contributed by atoms with Gasteiger partial charge in [-0.05, 0) is 67.3 Å². The number of hydrogen-bond donors (Lipinski definition) is 3. The molecule has 2 heterocycles. The fourth-order valence-corrected chi connectivity index (χ4v) is 3.88. The number of amides is 1. The number of aryl methyl sites for hydroxylation is 1. The summed E-state index contributed by atoms with van der Waals surface area (Å²) in [4.78, 5) is 44.4. The predicted octanol–water partition coefficient (Wildman–Crippen LogP) is 3.05. The minimum Gasteiger partial charge on any atom is -0.508 e. The maximum Gasteiger partial charge on any atom is 0.345 e. The number of likely N-dealkylation sites (tertiary alicyclic amines) is 1. The second kappa shape index (κ2) is 8.66. The number of carboxylic acids is 1. The van der Waals surface area contributed by atoms with Crippen molar-refractivity contribution in [2.24, 2.45) is 5.92 Å². The first-order valence-electron chi connectivity index (χ1n) is 10.4. The zero-order chi connectivity index (χ0) is 22.8. The summed E-state index contributed by atoms with van der Waals surface area (Å²) in [6.45, 7) is 2.61. The fraction of sp³-hybridized carbons (Fsp3) is 0.250. The molecule has 3 aromatic rings. The number of hydrogen-bond acceptors (Lipinski definition) is 5. The van der Waals surface area contributed by atoms with Crippen LogP contribution in [0.15, 0.2) is 53.3 Å². The molecule has 0 saturated carbocycles. The van der Waals surface area contributed by atoms with Crippen LogP contribution in [0.4, 0.5) is 0 Å². The van der Waals surface area contributed by atoms with Crippen molar-refractivity contribution in [2.75, 3.05) is 13.1 Å². The van der Waals surface area contributed by atoms with Crippen molar-refractivity contribution in [1.29, 1.82) is 0 Å². The number of nitrogens with one attached hydrogen (secondary N) is 1. The van der Waals surface area contributed by atoms with Gasteiger partial charge in [-0.15, -0.1) is 0 Å². The fourth-order valence-electron chi connectivity index (χ4n) is 3.88. The quantitative estimate of drug-likeness (QED) is 0.581. The first kappa shape index (κ1) is 21.3. The number of carbonyl (C=O) groups is 2. The second-order valence-corrected chi connectivity index (χ2v) is 7.97. The minimum absolute atomic E-state index is 0.135. The van der Waals surface area contributed by atoms with E-state index in [-0.39, 0.29) is 11.7 Å². The molecule has 3 N–H and O–H groups in total. The third-order valence-electron chi connectivity index (χ3n) is 5.81. The first-order chi connectivity index (χ1) is 15.3. The van der Waals surface area contributed by atoms with E-state index in [9.17, 15) is 19.5 Å². The summed E-state index contributed by atoms with van der Waals surface area (Å²) in [5.41, 5.74) is 3.17. The third kappa shape index (κ3) is 4.39. The summed E-state index contributed by atoms with van der Waals surface area (Å²) < 4.78 is 0. The number of carboxylic acid groups (broad SMARTS) is 1. The molecule has 4 rings (SSSR count). The van der Waals surface area contributed by atoms with Gasteiger partial charge in [-0.25, -0.2) is 4.79 Å². The lowest BCUT2D eigenvalue weighted by molar-refractivity contribution is -0.143. The first-order valence-corrected chi connectivity index (χ1v) is 10.4. The SMILES string of the molecule is Cc1cc(-c2cc(-c3ccc(C(=O)N4CCC(C(=O)O)CC4)cc3)[nH]c(=O)n2)ccc1O. The van der Waals surface area contributed by atoms with E-state index in [0.29, 0.717) is 54.0 Å². The molecule has 1 aromatic heterocycles. The number of phenols is 1. The van der Waals surface area contributed by atoms with Crippen LogP contribution < -0.4 is 5.69 Å². The second-order valence-electron chi connectivity index (χ2n) is 7.97. The topological polar surface area (TPSA) is 124 Å². The van der Waals surface area contributed by atoms with Crippen LogP contribution >= 0.6 is 0 Å². The molecule has 0 unspecified atom stereocenters. The number of benzene rings is 2. The molecule has 8 nitrogen and oxygen atoms in total. The Hall–Kier alpha value is -3.94. The van der Waals surface area contributed by atoms with Gasteiger partial charge in [0, 0.05) is 24.2 Å². The highest BCUT2D eigenvalue weighted by molar-refractivity contribution is 5.94. The number of aromatic nitrogens is 2. The van der Waals surface area contributed by atoms with E-state index in [4.69, 9.17) is 5.11 Å². The number of phenolic OH excluding ortho intramolecular Hbond substituents is 1. The van der Waals surface area contributed by atoms with Gasteiger partial charge >= 0.3 is 11.7 Å². The molecule has 0 aliphatic carbocycles. The highest BCUT2D eigenvalue weighted by atomic mass is 16.4. The van der Waals surface area contributed by atoms with Crippen LogP contribution in [0.3, 0.4) is 0 Å². The molecule has 0 bridgehead atoms. The summed E-state index contributed by atoms with van der Waals surface area (Å²) in [6.07, 6.45) is 0.911. The van der Waals surface area contributed by atoms with Crippen molar-refractivity contribution in [3.05, 3.63) is 70.1 Å². The van der Waals surface area contributed by atoms with Crippen molar-refractivity contribution in [2.45, 2.75) is 19.8 Å². The number of rotatable bonds is 4. The number of piperidine rings is 1. The highest BCUT2D eigenvalue weighted by Gasteiger charge is 2.27. The number of nitrogens with zero attached hydrogens (tertiary/aromatic N) is 2. The molecule has 2 aromatic carbocycles. The van der Waals surface area contributed by atoms with E-state index in [1.54, 1.807) is 60.4 Å². The Morgan fingerprint density at radius 2 is 1.69 bits per heavy atom. The van der Waals surface area contributed by atoms with Gasteiger partial charge in [0.25, 0.3) is 5.91 Å². The Balaban J connectivity index is 1.55. The lowest BCUT2D eigenvalue weighted by Crippen LogP contribution is -2.40. The number of aromatic hydroxyl groups is 1. The lowest BCUT2D eigenvalue weighted by atomic mass is 9.96. The lowest BCUT2D eigenvalue weighted by Gasteiger charge is -2.30. The van der Waals surface area contributed by atoms with Gasteiger partial charge in [-0.3, -0.25) is 9.59 Å². The van der Waals surface area contributed by atoms with E-state index in [0.717, 1.165) is 5.56 Å². The molecule has 32 heavy (non-hydrogen) atoms. The van der Waals surface area contributed by atoms with Gasteiger partial charge in [0.15, 0.2) is 0 Å². The van der Waals surface area contributed by atoms with Crippen LogP contribution in [0, 0.1) is 12.8 Å². The Bertz CT molecular complexity index is 1230. The Kier molecular flexibility index (Phi) is 5.77. The monoisotopic (exact) mass is 433 g/mol. The maximum atomic E-state index is 12.8. The predicted molar refractivity (Wildman–Crippen MR) is 118 cm³/mol. The largest absolute Gasteiger partial charge is 0.508 e. The van der Waals surface area contributed by atoms with Crippen LogP contribution in [0.1, 0.15) is 28.8 Å².